The maximum absolute atomic E-state index is 12.3. The largest absolute Gasteiger partial charge is 0.497 e. The summed E-state index contributed by atoms with van der Waals surface area (Å²) in [6.07, 6.45) is 0.759. The number of amides is 2. The van der Waals surface area contributed by atoms with E-state index in [1.807, 2.05) is 43.0 Å². The van der Waals surface area contributed by atoms with E-state index in [0.29, 0.717) is 26.2 Å². The Hall–Kier alpha value is -1.95. The van der Waals surface area contributed by atoms with E-state index in [1.165, 1.54) is 0 Å². The molecule has 0 spiro atoms. The Labute approximate surface area is 144 Å². The Morgan fingerprint density at radius 3 is 2.67 bits per heavy atom. The standard InChI is InChI=1S/C18H28N2O4/c1-5-18(3)13-20(10-11-23-18)17(21)19-12-14(2)24-16-8-6-15(22-4)7-9-16/h6-9,14H,5,10-13H2,1-4H3,(H,19,21). The van der Waals surface area contributed by atoms with Gasteiger partial charge in [-0.05, 0) is 44.5 Å². The Kier molecular flexibility index (Phi) is 6.31. The number of ether oxygens (including phenoxy) is 3. The predicted octanol–water partition coefficient (Wildman–Crippen LogP) is 2.67. The van der Waals surface area contributed by atoms with Crippen molar-refractivity contribution in [1.82, 2.24) is 10.2 Å². The fourth-order valence-corrected chi connectivity index (χ4v) is 2.59. The third-order valence-corrected chi connectivity index (χ3v) is 4.31. The highest BCUT2D eigenvalue weighted by Gasteiger charge is 2.32. The van der Waals surface area contributed by atoms with Gasteiger partial charge < -0.3 is 24.4 Å². The SMILES string of the molecule is CCC1(C)CN(C(=O)NCC(C)Oc2ccc(OC)cc2)CCO1. The van der Waals surface area contributed by atoms with Crippen LogP contribution in [0.5, 0.6) is 11.5 Å². The van der Waals surface area contributed by atoms with Crippen molar-refractivity contribution in [2.75, 3.05) is 33.4 Å². The van der Waals surface area contributed by atoms with Gasteiger partial charge in [-0.1, -0.05) is 6.92 Å². The lowest BCUT2D eigenvalue weighted by Gasteiger charge is -2.40. The first kappa shape index (κ1) is 18.4. The van der Waals surface area contributed by atoms with E-state index in [2.05, 4.69) is 12.2 Å². The van der Waals surface area contributed by atoms with Crippen molar-refractivity contribution in [3.63, 3.8) is 0 Å². The van der Waals surface area contributed by atoms with Crippen molar-refractivity contribution < 1.29 is 19.0 Å². The normalized spacial score (nSPS) is 21.9. The van der Waals surface area contributed by atoms with Gasteiger partial charge in [-0.25, -0.2) is 4.79 Å². The third-order valence-electron chi connectivity index (χ3n) is 4.31. The van der Waals surface area contributed by atoms with Crippen LogP contribution in [-0.2, 0) is 4.74 Å². The molecule has 1 aliphatic heterocycles. The molecule has 6 nitrogen and oxygen atoms in total. The smallest absolute Gasteiger partial charge is 0.317 e. The molecule has 134 valence electrons. The number of carbonyl (C=O) groups is 1. The van der Waals surface area contributed by atoms with E-state index in [9.17, 15) is 4.79 Å². The van der Waals surface area contributed by atoms with Crippen molar-refractivity contribution >= 4 is 6.03 Å². The fourth-order valence-electron chi connectivity index (χ4n) is 2.59. The second-order valence-corrected chi connectivity index (χ2v) is 6.36. The highest BCUT2D eigenvalue weighted by atomic mass is 16.5. The highest BCUT2D eigenvalue weighted by molar-refractivity contribution is 5.74. The molecule has 1 fully saturated rings. The zero-order valence-corrected chi connectivity index (χ0v) is 15.0. The summed E-state index contributed by atoms with van der Waals surface area (Å²) in [7, 11) is 1.63. The van der Waals surface area contributed by atoms with E-state index >= 15 is 0 Å². The first-order valence-corrected chi connectivity index (χ1v) is 8.43. The number of nitrogens with zero attached hydrogens (tertiary/aromatic N) is 1. The van der Waals surface area contributed by atoms with E-state index in [0.717, 1.165) is 17.9 Å². The predicted molar refractivity (Wildman–Crippen MR) is 92.7 cm³/mol. The van der Waals surface area contributed by atoms with Crippen LogP contribution < -0.4 is 14.8 Å². The number of benzene rings is 1. The zero-order valence-electron chi connectivity index (χ0n) is 15.0. The summed E-state index contributed by atoms with van der Waals surface area (Å²) in [5, 5.41) is 2.94. The molecule has 2 atom stereocenters. The van der Waals surface area contributed by atoms with E-state index < -0.39 is 0 Å². The van der Waals surface area contributed by atoms with E-state index in [-0.39, 0.29) is 17.7 Å². The van der Waals surface area contributed by atoms with Crippen LogP contribution in [0.25, 0.3) is 0 Å². The summed E-state index contributed by atoms with van der Waals surface area (Å²) < 4.78 is 16.7. The lowest BCUT2D eigenvalue weighted by Crippen LogP contribution is -2.55. The summed E-state index contributed by atoms with van der Waals surface area (Å²) in [6.45, 7) is 8.31. The van der Waals surface area contributed by atoms with Crippen LogP contribution in [0.15, 0.2) is 24.3 Å². The zero-order chi connectivity index (χ0) is 17.6. The minimum atomic E-state index is -0.249. The Balaban J connectivity index is 1.78. The van der Waals surface area contributed by atoms with Gasteiger partial charge in [-0.3, -0.25) is 0 Å². The van der Waals surface area contributed by atoms with Gasteiger partial charge in [0.2, 0.25) is 0 Å². The summed E-state index contributed by atoms with van der Waals surface area (Å²) in [5.74, 6) is 1.54. The van der Waals surface area contributed by atoms with Gasteiger partial charge in [0.1, 0.15) is 17.6 Å². The lowest BCUT2D eigenvalue weighted by molar-refractivity contribution is -0.0873. The van der Waals surface area contributed by atoms with Crippen molar-refractivity contribution in [1.29, 1.82) is 0 Å². The van der Waals surface area contributed by atoms with Crippen LogP contribution in [0.2, 0.25) is 0 Å². The quantitative estimate of drug-likeness (QED) is 0.868. The summed E-state index contributed by atoms with van der Waals surface area (Å²) in [5.41, 5.74) is -0.249. The van der Waals surface area contributed by atoms with Crippen LogP contribution in [0.3, 0.4) is 0 Å². The van der Waals surface area contributed by atoms with Gasteiger partial charge in [0, 0.05) is 6.54 Å². The lowest BCUT2D eigenvalue weighted by atomic mass is 10.0. The van der Waals surface area contributed by atoms with Crippen molar-refractivity contribution in [2.45, 2.75) is 38.9 Å². The molecule has 1 aromatic rings. The van der Waals surface area contributed by atoms with Gasteiger partial charge in [-0.15, -0.1) is 0 Å². The Bertz CT molecular complexity index is 534. The second-order valence-electron chi connectivity index (χ2n) is 6.36. The Morgan fingerprint density at radius 1 is 1.38 bits per heavy atom. The summed E-state index contributed by atoms with van der Waals surface area (Å²) in [4.78, 5) is 14.1. The number of morpholine rings is 1. The number of hydrogen-bond acceptors (Lipinski definition) is 4. The molecule has 0 radical (unpaired) electrons. The summed E-state index contributed by atoms with van der Waals surface area (Å²) in [6, 6.07) is 7.33. The third kappa shape index (κ3) is 5.03. The number of rotatable bonds is 6. The fraction of sp³-hybridized carbons (Fsp3) is 0.611. The number of methoxy groups -OCH3 is 1. The molecular weight excluding hydrogens is 308 g/mol. The molecule has 1 aromatic carbocycles. The molecule has 2 rings (SSSR count). The number of nitrogens with one attached hydrogen (secondary N) is 1. The molecule has 0 aliphatic carbocycles. The molecule has 1 heterocycles. The van der Waals surface area contributed by atoms with Crippen LogP contribution in [-0.4, -0.2) is 56.0 Å². The molecule has 0 aromatic heterocycles. The number of hydrogen-bond donors (Lipinski definition) is 1. The minimum absolute atomic E-state index is 0.0665. The van der Waals surface area contributed by atoms with Crippen molar-refractivity contribution in [3.05, 3.63) is 24.3 Å². The van der Waals surface area contributed by atoms with Crippen LogP contribution >= 0.6 is 0 Å². The molecule has 2 unspecified atom stereocenters. The molecule has 0 bridgehead atoms. The van der Waals surface area contributed by atoms with E-state index in [1.54, 1.807) is 7.11 Å². The van der Waals surface area contributed by atoms with Crippen molar-refractivity contribution in [3.8, 4) is 11.5 Å². The maximum atomic E-state index is 12.3. The first-order valence-electron chi connectivity index (χ1n) is 8.43. The van der Waals surface area contributed by atoms with E-state index in [4.69, 9.17) is 14.2 Å². The highest BCUT2D eigenvalue weighted by Crippen LogP contribution is 2.21. The maximum Gasteiger partial charge on any atom is 0.317 e. The molecule has 0 saturated carbocycles. The number of carbonyl (C=O) groups excluding carboxylic acids is 1. The number of urea groups is 1. The molecule has 1 aliphatic rings. The van der Waals surface area contributed by atoms with Gasteiger partial charge in [-0.2, -0.15) is 0 Å². The molecule has 6 heteroatoms. The Morgan fingerprint density at radius 2 is 2.04 bits per heavy atom. The molecule has 24 heavy (non-hydrogen) atoms. The van der Waals surface area contributed by atoms with Gasteiger partial charge in [0.15, 0.2) is 0 Å². The first-order chi connectivity index (χ1) is 11.5. The summed E-state index contributed by atoms with van der Waals surface area (Å²) >= 11 is 0. The molecule has 1 saturated heterocycles. The molecule has 2 amide bonds. The minimum Gasteiger partial charge on any atom is -0.497 e. The molecular formula is C18H28N2O4. The van der Waals surface area contributed by atoms with Crippen LogP contribution in [0.1, 0.15) is 27.2 Å². The average molecular weight is 336 g/mol. The second kappa shape index (κ2) is 8.24. The topological polar surface area (TPSA) is 60.0 Å². The van der Waals surface area contributed by atoms with Gasteiger partial charge in [0.25, 0.3) is 0 Å². The van der Waals surface area contributed by atoms with Gasteiger partial charge >= 0.3 is 6.03 Å². The van der Waals surface area contributed by atoms with Crippen molar-refractivity contribution in [2.24, 2.45) is 0 Å². The monoisotopic (exact) mass is 336 g/mol. The van der Waals surface area contributed by atoms with Crippen LogP contribution in [0, 0.1) is 0 Å². The van der Waals surface area contributed by atoms with Crippen LogP contribution in [0.4, 0.5) is 4.79 Å². The average Bonchev–Trinajstić information content (AvgIpc) is 2.60. The molecule has 1 N–H and O–H groups in total. The van der Waals surface area contributed by atoms with Gasteiger partial charge in [0.05, 0.1) is 32.4 Å².